The molecule has 0 nitrogen and oxygen atoms in total. The fourth-order valence-corrected chi connectivity index (χ4v) is 0.385. The van der Waals surface area contributed by atoms with Gasteiger partial charge in [0.05, 0.1) is 3.74 Å². The predicted molar refractivity (Wildman–Crippen MR) is 53.8 cm³/mol. The maximum absolute atomic E-state index is 3.19. The van der Waals surface area contributed by atoms with Crippen molar-refractivity contribution in [3.8, 4) is 0 Å². The molecule has 0 atom stereocenters. The van der Waals surface area contributed by atoms with E-state index in [2.05, 4.69) is 31.9 Å². The minimum absolute atomic E-state index is 0.458. The second-order valence-corrected chi connectivity index (χ2v) is 5.65. The van der Waals surface area contributed by atoms with Crippen LogP contribution >= 0.6 is 31.9 Å². The summed E-state index contributed by atoms with van der Waals surface area (Å²) in [5, 5.41) is 0. The lowest BCUT2D eigenvalue weighted by atomic mass is 10.4. The highest BCUT2D eigenvalue weighted by molar-refractivity contribution is 9.24. The van der Waals surface area contributed by atoms with Crippen LogP contribution in [0.4, 0.5) is 0 Å². The van der Waals surface area contributed by atoms with Crippen LogP contribution in [0.5, 0.6) is 0 Å². The van der Waals surface area contributed by atoms with Crippen molar-refractivity contribution in [1.82, 2.24) is 0 Å². The fraction of sp³-hybridized carbons (Fsp3) is 0.250. The number of benzene rings is 1. The van der Waals surface area contributed by atoms with Crippen molar-refractivity contribution in [3.05, 3.63) is 36.4 Å². The normalized spacial score (nSPS) is 8.40. The third-order valence-corrected chi connectivity index (χ3v) is 0.667. The van der Waals surface area contributed by atoms with Gasteiger partial charge in [0.1, 0.15) is 0 Å². The summed E-state index contributed by atoms with van der Waals surface area (Å²) in [6, 6.07) is 12.0. The van der Waals surface area contributed by atoms with Crippen LogP contribution in [0.25, 0.3) is 0 Å². The molecule has 0 radical (unpaired) electrons. The van der Waals surface area contributed by atoms with E-state index < -0.39 is 0 Å². The van der Waals surface area contributed by atoms with Gasteiger partial charge in [-0.05, 0) is 6.92 Å². The molecule has 0 aliphatic carbocycles. The van der Waals surface area contributed by atoms with E-state index in [1.54, 1.807) is 0 Å². The van der Waals surface area contributed by atoms with Gasteiger partial charge in [-0.1, -0.05) is 68.3 Å². The summed E-state index contributed by atoms with van der Waals surface area (Å²) in [4.78, 5) is 0. The highest BCUT2D eigenvalue weighted by Crippen LogP contribution is 2.03. The van der Waals surface area contributed by atoms with Crippen LogP contribution in [0, 0.1) is 0 Å². The Kier molecular flexibility index (Phi) is 7.42. The lowest BCUT2D eigenvalue weighted by Crippen LogP contribution is -1.60. The number of rotatable bonds is 0. The summed E-state index contributed by atoms with van der Waals surface area (Å²) < 4.78 is 0.458. The Balaban J connectivity index is 0.000000180. The van der Waals surface area contributed by atoms with E-state index in [0.29, 0.717) is 3.74 Å². The molecule has 0 spiro atoms. The van der Waals surface area contributed by atoms with Crippen molar-refractivity contribution in [2.24, 2.45) is 0 Å². The summed E-state index contributed by atoms with van der Waals surface area (Å²) in [6.45, 7) is 2.00. The van der Waals surface area contributed by atoms with E-state index in [1.807, 2.05) is 43.3 Å². The molecule has 0 bridgehead atoms. The molecular weight excluding hydrogens is 256 g/mol. The molecule has 0 saturated carbocycles. The van der Waals surface area contributed by atoms with Gasteiger partial charge in [0.25, 0.3) is 0 Å². The first-order chi connectivity index (χ1) is 4.73. The first-order valence-electron chi connectivity index (χ1n) is 3.01. The minimum atomic E-state index is 0.458. The van der Waals surface area contributed by atoms with Gasteiger partial charge in [-0.25, -0.2) is 0 Å². The fourth-order valence-electron chi connectivity index (χ4n) is 0.385. The van der Waals surface area contributed by atoms with E-state index >= 15 is 0 Å². The van der Waals surface area contributed by atoms with Gasteiger partial charge >= 0.3 is 0 Å². The molecule has 1 aromatic rings. The molecule has 0 unspecified atom stereocenters. The number of hydrogen-bond donors (Lipinski definition) is 0. The van der Waals surface area contributed by atoms with Crippen LogP contribution in [0.2, 0.25) is 0 Å². The average molecular weight is 266 g/mol. The zero-order valence-corrected chi connectivity index (χ0v) is 8.97. The first kappa shape index (κ1) is 10.2. The molecule has 0 saturated heterocycles. The third kappa shape index (κ3) is 11.0. The molecule has 2 heteroatoms. The zero-order valence-electron chi connectivity index (χ0n) is 5.80. The third-order valence-electron chi connectivity index (χ3n) is 0.667. The molecule has 0 aliphatic rings. The van der Waals surface area contributed by atoms with Gasteiger partial charge in [-0.15, -0.1) is 0 Å². The molecule has 10 heavy (non-hydrogen) atoms. The second-order valence-electron chi connectivity index (χ2n) is 1.67. The highest BCUT2D eigenvalue weighted by Gasteiger charge is 1.74. The van der Waals surface area contributed by atoms with Gasteiger partial charge in [-0.3, -0.25) is 0 Å². The Hall–Kier alpha value is 0.180. The molecule has 1 aromatic carbocycles. The lowest BCUT2D eigenvalue weighted by molar-refractivity contribution is 1.48. The molecule has 56 valence electrons. The number of hydrogen-bond acceptors (Lipinski definition) is 0. The molecule has 0 N–H and O–H groups in total. The Morgan fingerprint density at radius 3 is 1.00 bits per heavy atom. The maximum atomic E-state index is 3.19. The van der Waals surface area contributed by atoms with E-state index in [9.17, 15) is 0 Å². The Morgan fingerprint density at radius 1 is 0.800 bits per heavy atom. The molecule has 0 amide bonds. The highest BCUT2D eigenvalue weighted by atomic mass is 79.9. The van der Waals surface area contributed by atoms with Crippen LogP contribution < -0.4 is 0 Å². The molecule has 0 fully saturated rings. The molecule has 1 rings (SSSR count). The topological polar surface area (TPSA) is 0 Å². The monoisotopic (exact) mass is 264 g/mol. The van der Waals surface area contributed by atoms with Crippen molar-refractivity contribution >= 4 is 31.9 Å². The van der Waals surface area contributed by atoms with E-state index in [4.69, 9.17) is 0 Å². The van der Waals surface area contributed by atoms with Gasteiger partial charge < -0.3 is 0 Å². The van der Waals surface area contributed by atoms with Crippen LogP contribution in [-0.4, -0.2) is 3.74 Å². The van der Waals surface area contributed by atoms with E-state index in [1.165, 1.54) is 0 Å². The Morgan fingerprint density at radius 2 is 0.900 bits per heavy atom. The smallest absolute Gasteiger partial charge is 0.0669 e. The average Bonchev–Trinajstić information content (AvgIpc) is 1.90. The quantitative estimate of drug-likeness (QED) is 0.626. The molecule has 0 heterocycles. The zero-order chi connectivity index (χ0) is 7.82. The Bertz CT molecular complexity index is 108. The standard InChI is InChI=1S/C6H6.C2H4Br2/c1-2-4-6-5-3-1;1-2(3)4/h1-6H;2H,1H3. The van der Waals surface area contributed by atoms with Crippen LogP contribution in [0.3, 0.4) is 0 Å². The summed E-state index contributed by atoms with van der Waals surface area (Å²) in [7, 11) is 0. The Labute approximate surface area is 78.9 Å². The van der Waals surface area contributed by atoms with E-state index in [-0.39, 0.29) is 0 Å². The van der Waals surface area contributed by atoms with Crippen LogP contribution in [-0.2, 0) is 0 Å². The van der Waals surface area contributed by atoms with E-state index in [0.717, 1.165) is 0 Å². The summed E-state index contributed by atoms with van der Waals surface area (Å²) in [5.74, 6) is 0. The number of alkyl halides is 2. The van der Waals surface area contributed by atoms with Crippen molar-refractivity contribution in [2.45, 2.75) is 10.7 Å². The van der Waals surface area contributed by atoms with Gasteiger partial charge in [0.2, 0.25) is 0 Å². The van der Waals surface area contributed by atoms with Crippen molar-refractivity contribution < 1.29 is 0 Å². The molecule has 0 aliphatic heterocycles. The lowest BCUT2D eigenvalue weighted by Gasteiger charge is -1.73. The molecular formula is C8H10Br2. The summed E-state index contributed by atoms with van der Waals surface area (Å²) in [6.07, 6.45) is 0. The summed E-state index contributed by atoms with van der Waals surface area (Å²) >= 11 is 6.38. The summed E-state index contributed by atoms with van der Waals surface area (Å²) in [5.41, 5.74) is 0. The molecule has 0 aromatic heterocycles. The van der Waals surface area contributed by atoms with Crippen LogP contribution in [0.1, 0.15) is 6.92 Å². The first-order valence-corrected chi connectivity index (χ1v) is 4.85. The second kappa shape index (κ2) is 7.29. The van der Waals surface area contributed by atoms with Gasteiger partial charge in [0.15, 0.2) is 0 Å². The number of halogens is 2. The van der Waals surface area contributed by atoms with Gasteiger partial charge in [0, 0.05) is 0 Å². The minimum Gasteiger partial charge on any atom is -0.0768 e. The van der Waals surface area contributed by atoms with Gasteiger partial charge in [-0.2, -0.15) is 0 Å². The SMILES string of the molecule is CC(Br)Br.c1ccccc1. The maximum Gasteiger partial charge on any atom is 0.0669 e. The predicted octanol–water partition coefficient (Wildman–Crippen LogP) is 3.81. The van der Waals surface area contributed by atoms with Crippen LogP contribution in [0.15, 0.2) is 36.4 Å². The largest absolute Gasteiger partial charge is 0.0768 e. The van der Waals surface area contributed by atoms with Crippen molar-refractivity contribution in [1.29, 1.82) is 0 Å². The van der Waals surface area contributed by atoms with Crippen molar-refractivity contribution in [2.75, 3.05) is 0 Å². The van der Waals surface area contributed by atoms with Crippen molar-refractivity contribution in [3.63, 3.8) is 0 Å².